The summed E-state index contributed by atoms with van der Waals surface area (Å²) < 4.78 is 0. The molecule has 204 valence electrons. The number of pyridine rings is 1. The van der Waals surface area contributed by atoms with Crippen molar-refractivity contribution < 1.29 is 0 Å². The molecule has 1 aliphatic rings. The van der Waals surface area contributed by atoms with Crippen LogP contribution in [0.5, 0.6) is 0 Å². The van der Waals surface area contributed by atoms with E-state index in [2.05, 4.69) is 41.6 Å². The maximum Gasteiger partial charge on any atom is 0.145 e. The Labute approximate surface area is 245 Å². The molecule has 0 radical (unpaired) electrons. The minimum absolute atomic E-state index is 0.220. The van der Waals surface area contributed by atoms with Crippen LogP contribution < -0.4 is 5.32 Å². The van der Waals surface area contributed by atoms with Gasteiger partial charge in [0.1, 0.15) is 28.0 Å². The van der Waals surface area contributed by atoms with E-state index >= 15 is 0 Å². The van der Waals surface area contributed by atoms with Crippen molar-refractivity contribution >= 4 is 40.5 Å². The van der Waals surface area contributed by atoms with E-state index in [0.29, 0.717) is 32.7 Å². The highest BCUT2D eigenvalue weighted by Gasteiger charge is 2.27. The first kappa shape index (κ1) is 29.4. The van der Waals surface area contributed by atoms with E-state index in [-0.39, 0.29) is 5.92 Å². The van der Waals surface area contributed by atoms with Crippen LogP contribution in [-0.2, 0) is 5.75 Å². The molecule has 6 nitrogen and oxygen atoms in total. The molecule has 2 aromatic heterocycles. The highest BCUT2D eigenvalue weighted by molar-refractivity contribution is 7.98. The SMILES string of the molecule is CCN(CC)CCCNc1nc(SCc2csc(-c3ccc(Cl)cc3)n2)c(C#N)c(C2CCCCC2)c1C#N. The number of thioether (sulfide) groups is 1. The summed E-state index contributed by atoms with van der Waals surface area (Å²) in [5, 5.41) is 28.3. The van der Waals surface area contributed by atoms with Crippen molar-refractivity contribution in [1.29, 1.82) is 10.5 Å². The molecule has 1 aliphatic carbocycles. The van der Waals surface area contributed by atoms with E-state index in [1.54, 1.807) is 11.3 Å². The number of nitriles is 2. The molecule has 2 heterocycles. The van der Waals surface area contributed by atoms with Gasteiger partial charge < -0.3 is 10.2 Å². The van der Waals surface area contributed by atoms with Crippen LogP contribution in [0.3, 0.4) is 0 Å². The number of thiazole rings is 1. The Kier molecular flexibility index (Phi) is 11.1. The van der Waals surface area contributed by atoms with Crippen molar-refractivity contribution in [2.24, 2.45) is 0 Å². The third kappa shape index (κ3) is 7.52. The van der Waals surface area contributed by atoms with Crippen molar-refractivity contribution in [2.75, 3.05) is 31.5 Å². The third-order valence-electron chi connectivity index (χ3n) is 7.28. The average molecular weight is 579 g/mol. The molecule has 0 amide bonds. The number of aromatic nitrogens is 2. The fourth-order valence-electron chi connectivity index (χ4n) is 5.12. The van der Waals surface area contributed by atoms with E-state index < -0.39 is 0 Å². The molecule has 1 N–H and O–H groups in total. The number of hydrogen-bond acceptors (Lipinski definition) is 8. The lowest BCUT2D eigenvalue weighted by Gasteiger charge is -2.26. The highest BCUT2D eigenvalue weighted by atomic mass is 35.5. The highest BCUT2D eigenvalue weighted by Crippen LogP contribution is 2.41. The molecular weight excluding hydrogens is 544 g/mol. The van der Waals surface area contributed by atoms with Gasteiger partial charge in [0.2, 0.25) is 0 Å². The monoisotopic (exact) mass is 578 g/mol. The topological polar surface area (TPSA) is 88.6 Å². The van der Waals surface area contributed by atoms with Gasteiger partial charge in [-0.05, 0) is 62.5 Å². The molecule has 0 spiro atoms. The minimum atomic E-state index is 0.220. The van der Waals surface area contributed by atoms with Gasteiger partial charge in [-0.1, -0.05) is 68.6 Å². The summed E-state index contributed by atoms with van der Waals surface area (Å²) in [6, 6.07) is 12.5. The van der Waals surface area contributed by atoms with Gasteiger partial charge in [-0.3, -0.25) is 0 Å². The zero-order chi connectivity index (χ0) is 27.6. The van der Waals surface area contributed by atoms with Crippen LogP contribution in [0, 0.1) is 22.7 Å². The number of hydrogen-bond donors (Lipinski definition) is 1. The van der Waals surface area contributed by atoms with Crippen LogP contribution in [0.1, 0.15) is 80.7 Å². The van der Waals surface area contributed by atoms with Crippen molar-refractivity contribution in [2.45, 2.75) is 69.1 Å². The summed E-state index contributed by atoms with van der Waals surface area (Å²) in [6.07, 6.45) is 6.45. The third-order valence-corrected chi connectivity index (χ3v) is 9.48. The molecular formula is C30H35ClN6S2. The molecule has 0 unspecified atom stereocenters. The predicted octanol–water partition coefficient (Wildman–Crippen LogP) is 8.09. The normalized spacial score (nSPS) is 13.8. The van der Waals surface area contributed by atoms with Gasteiger partial charge in [-0.25, -0.2) is 9.97 Å². The molecule has 1 aromatic carbocycles. The second kappa shape index (κ2) is 14.7. The number of nitrogens with one attached hydrogen (secondary N) is 1. The van der Waals surface area contributed by atoms with Crippen molar-refractivity contribution in [3.8, 4) is 22.7 Å². The Morgan fingerprint density at radius 1 is 1.05 bits per heavy atom. The maximum atomic E-state index is 10.3. The van der Waals surface area contributed by atoms with Crippen LogP contribution in [-0.4, -0.2) is 41.0 Å². The van der Waals surface area contributed by atoms with Crippen molar-refractivity contribution in [3.05, 3.63) is 57.1 Å². The Hall–Kier alpha value is -2.62. The van der Waals surface area contributed by atoms with Crippen LogP contribution in [0.2, 0.25) is 5.02 Å². The Balaban J connectivity index is 1.59. The van der Waals surface area contributed by atoms with Crippen LogP contribution in [0.15, 0.2) is 34.7 Å². The van der Waals surface area contributed by atoms with Gasteiger partial charge in [0.15, 0.2) is 0 Å². The number of anilines is 1. The van der Waals surface area contributed by atoms with Crippen molar-refractivity contribution in [1.82, 2.24) is 14.9 Å². The Morgan fingerprint density at radius 2 is 1.77 bits per heavy atom. The van der Waals surface area contributed by atoms with E-state index in [1.165, 1.54) is 18.2 Å². The molecule has 39 heavy (non-hydrogen) atoms. The summed E-state index contributed by atoms with van der Waals surface area (Å²) in [7, 11) is 0. The molecule has 1 fully saturated rings. The van der Waals surface area contributed by atoms with E-state index in [1.807, 2.05) is 24.3 Å². The van der Waals surface area contributed by atoms with Gasteiger partial charge in [0.25, 0.3) is 0 Å². The first-order valence-electron chi connectivity index (χ1n) is 13.7. The van der Waals surface area contributed by atoms with Gasteiger partial charge >= 0.3 is 0 Å². The smallest absolute Gasteiger partial charge is 0.145 e. The number of halogens is 1. The van der Waals surface area contributed by atoms with Crippen LogP contribution in [0.25, 0.3) is 10.6 Å². The van der Waals surface area contributed by atoms with E-state index in [0.717, 1.165) is 80.1 Å². The van der Waals surface area contributed by atoms with Crippen LogP contribution in [0.4, 0.5) is 5.82 Å². The molecule has 0 bridgehead atoms. The summed E-state index contributed by atoms with van der Waals surface area (Å²) in [5.74, 6) is 1.43. The lowest BCUT2D eigenvalue weighted by Crippen LogP contribution is -2.25. The van der Waals surface area contributed by atoms with Crippen LogP contribution >= 0.6 is 34.7 Å². The van der Waals surface area contributed by atoms with Crippen molar-refractivity contribution in [3.63, 3.8) is 0 Å². The van der Waals surface area contributed by atoms with E-state index in [4.69, 9.17) is 21.6 Å². The van der Waals surface area contributed by atoms with Gasteiger partial charge in [-0.2, -0.15) is 10.5 Å². The van der Waals surface area contributed by atoms with Gasteiger partial charge in [0.05, 0.1) is 16.8 Å². The maximum absolute atomic E-state index is 10.3. The Morgan fingerprint density at radius 3 is 2.44 bits per heavy atom. The largest absolute Gasteiger partial charge is 0.369 e. The summed E-state index contributed by atoms with van der Waals surface area (Å²) in [6.45, 7) is 8.13. The molecule has 4 rings (SSSR count). The van der Waals surface area contributed by atoms with Gasteiger partial charge in [0, 0.05) is 28.3 Å². The lowest BCUT2D eigenvalue weighted by molar-refractivity contribution is 0.303. The molecule has 9 heteroatoms. The quantitative estimate of drug-likeness (QED) is 0.171. The predicted molar refractivity (Wildman–Crippen MR) is 163 cm³/mol. The second-order valence-electron chi connectivity index (χ2n) is 9.73. The Bertz CT molecular complexity index is 1310. The molecule has 1 saturated carbocycles. The average Bonchev–Trinajstić information content (AvgIpc) is 3.45. The standard InChI is InChI=1S/C30H35ClN6S2/c1-3-37(4-2)16-8-15-34-28-25(17-32)27(21-9-6-5-7-10-21)26(18-33)30(36-28)39-20-24-19-38-29(35-24)22-11-13-23(31)14-12-22/h11-14,19,21H,3-10,15-16,20H2,1-2H3,(H,34,36). The second-order valence-corrected chi connectivity index (χ2v) is 12.0. The summed E-state index contributed by atoms with van der Waals surface area (Å²) in [5.41, 5.74) is 3.97. The minimum Gasteiger partial charge on any atom is -0.369 e. The first-order chi connectivity index (χ1) is 19.1. The number of rotatable bonds is 12. The first-order valence-corrected chi connectivity index (χ1v) is 16.0. The van der Waals surface area contributed by atoms with E-state index in [9.17, 15) is 10.5 Å². The number of nitrogens with zero attached hydrogens (tertiary/aromatic N) is 5. The lowest BCUT2D eigenvalue weighted by atomic mass is 9.80. The molecule has 0 aliphatic heterocycles. The fraction of sp³-hybridized carbons (Fsp3) is 0.467. The zero-order valence-corrected chi connectivity index (χ0v) is 25.1. The summed E-state index contributed by atoms with van der Waals surface area (Å²) >= 11 is 9.17. The van der Waals surface area contributed by atoms with Gasteiger partial charge in [-0.15, -0.1) is 11.3 Å². The summed E-state index contributed by atoms with van der Waals surface area (Å²) in [4.78, 5) is 12.1. The zero-order valence-electron chi connectivity index (χ0n) is 22.7. The fourth-order valence-corrected chi connectivity index (χ4v) is 7.07. The molecule has 3 aromatic rings. The molecule has 0 saturated heterocycles. The number of benzene rings is 1. The molecule has 0 atom stereocenters.